The number of carbonyl (C=O) groups is 1. The fourth-order valence-electron chi connectivity index (χ4n) is 5.47. The van der Waals surface area contributed by atoms with Crippen LogP contribution in [0.3, 0.4) is 0 Å². The van der Waals surface area contributed by atoms with E-state index in [-0.39, 0.29) is 17.2 Å². The molecule has 1 aliphatic carbocycles. The van der Waals surface area contributed by atoms with E-state index in [1.165, 1.54) is 71.3 Å². The minimum Gasteiger partial charge on any atom is -0.496 e. The zero-order valence-electron chi connectivity index (χ0n) is 24.8. The van der Waals surface area contributed by atoms with E-state index in [0.717, 1.165) is 30.6 Å². The summed E-state index contributed by atoms with van der Waals surface area (Å²) in [5.74, 6) is 1.21. The van der Waals surface area contributed by atoms with Crippen LogP contribution in [0.25, 0.3) is 6.08 Å². The van der Waals surface area contributed by atoms with E-state index in [9.17, 15) is 15.2 Å². The predicted molar refractivity (Wildman–Crippen MR) is 173 cm³/mol. The highest BCUT2D eigenvalue weighted by atomic mass is 32.1. The summed E-state index contributed by atoms with van der Waals surface area (Å²) >= 11 is 4.28. The molecule has 0 heterocycles. The van der Waals surface area contributed by atoms with Crippen molar-refractivity contribution in [3.63, 3.8) is 0 Å². The van der Waals surface area contributed by atoms with Crippen molar-refractivity contribution in [3.8, 4) is 11.5 Å². The minimum absolute atomic E-state index is 0.0507. The first-order valence-corrected chi connectivity index (χ1v) is 15.5. The topological polar surface area (TPSA) is 101 Å². The van der Waals surface area contributed by atoms with Crippen LogP contribution in [0, 0.1) is 0 Å². The molecule has 1 unspecified atom stereocenters. The maximum Gasteiger partial charge on any atom is 0.163 e. The van der Waals surface area contributed by atoms with Crippen LogP contribution in [0.4, 0.5) is 0 Å². The van der Waals surface area contributed by atoms with E-state index in [2.05, 4.69) is 22.9 Å². The molecule has 1 atom stereocenters. The van der Waals surface area contributed by atoms with E-state index >= 15 is 0 Å². The second-order valence-corrected chi connectivity index (χ2v) is 10.9. The molecule has 0 spiro atoms. The van der Waals surface area contributed by atoms with Gasteiger partial charge in [0.05, 0.1) is 31.3 Å². The van der Waals surface area contributed by atoms with Crippen LogP contribution in [-0.2, 0) is 4.79 Å². The first-order chi connectivity index (χ1) is 20.6. The molecule has 0 bridgehead atoms. The van der Waals surface area contributed by atoms with Gasteiger partial charge in [0, 0.05) is 5.56 Å². The van der Waals surface area contributed by atoms with Crippen LogP contribution in [0.1, 0.15) is 98.8 Å². The lowest BCUT2D eigenvalue weighted by atomic mass is 9.82. The number of ketones is 1. The zero-order chi connectivity index (χ0) is 30.2. The van der Waals surface area contributed by atoms with Gasteiger partial charge in [-0.25, -0.2) is 0 Å². The van der Waals surface area contributed by atoms with Crippen LogP contribution in [0.15, 0.2) is 64.9 Å². The first kappa shape index (κ1) is 33.0. The number of hydrogen-bond acceptors (Lipinski definition) is 8. The predicted octanol–water partition coefficient (Wildman–Crippen LogP) is 8.22. The summed E-state index contributed by atoms with van der Waals surface area (Å²) in [5, 5.41) is 26.3. The van der Waals surface area contributed by atoms with E-state index in [1.54, 1.807) is 12.1 Å². The number of fused-ring (bicyclic) bond motifs is 1. The second-order valence-electron chi connectivity index (χ2n) is 10.5. The lowest BCUT2D eigenvalue weighted by Gasteiger charge is -2.25. The molecule has 0 saturated carbocycles. The number of ether oxygens (including phenoxy) is 2. The number of rotatable bonds is 18. The number of oxime groups is 2. The van der Waals surface area contributed by atoms with E-state index in [1.807, 2.05) is 36.4 Å². The average Bonchev–Trinajstić information content (AvgIpc) is 3.03. The van der Waals surface area contributed by atoms with Crippen molar-refractivity contribution < 1.29 is 24.7 Å². The van der Waals surface area contributed by atoms with Gasteiger partial charge in [-0.15, -0.1) is 0 Å². The van der Waals surface area contributed by atoms with Crippen molar-refractivity contribution in [2.24, 2.45) is 10.3 Å². The van der Waals surface area contributed by atoms with Crippen molar-refractivity contribution in [1.29, 1.82) is 0 Å². The summed E-state index contributed by atoms with van der Waals surface area (Å²) in [6.07, 6.45) is 18.9. The van der Waals surface area contributed by atoms with Gasteiger partial charge >= 0.3 is 0 Å². The Kier molecular flexibility index (Phi) is 14.2. The summed E-state index contributed by atoms with van der Waals surface area (Å²) < 4.78 is 11.6. The number of allylic oxidation sites excluding steroid dienone is 3. The Morgan fingerprint density at radius 3 is 1.95 bits per heavy atom. The van der Waals surface area contributed by atoms with Gasteiger partial charge in [0.25, 0.3) is 0 Å². The van der Waals surface area contributed by atoms with Crippen LogP contribution in [-0.4, -0.2) is 47.6 Å². The standard InChI is InChI=1S/C34H44N2O5S/c1-40-31-24-27(34(41-2)33-29(36-39)21-20-28(35-38)32(31)33)26(30(37)22-19-25-16-12-11-13-17-25)18-14-9-7-5-3-4-6-8-10-15-23-42/h11-13,16-17,19-22,24,26,38-39,42H,3-10,14-15,18,23H2,1-2H3. The largest absolute Gasteiger partial charge is 0.496 e. The zero-order valence-corrected chi connectivity index (χ0v) is 25.7. The fourth-order valence-corrected chi connectivity index (χ4v) is 5.70. The van der Waals surface area contributed by atoms with E-state index < -0.39 is 5.92 Å². The summed E-state index contributed by atoms with van der Waals surface area (Å²) in [6.45, 7) is 0. The molecular weight excluding hydrogens is 548 g/mol. The summed E-state index contributed by atoms with van der Waals surface area (Å²) in [5.41, 5.74) is 2.91. The molecule has 7 nitrogen and oxygen atoms in total. The van der Waals surface area contributed by atoms with Crippen LogP contribution in [0.5, 0.6) is 11.5 Å². The van der Waals surface area contributed by atoms with Gasteiger partial charge in [0.1, 0.15) is 22.9 Å². The number of hydrogen-bond donors (Lipinski definition) is 3. The summed E-state index contributed by atoms with van der Waals surface area (Å²) in [6, 6.07) is 11.5. The Labute approximate surface area is 255 Å². The van der Waals surface area contributed by atoms with Crippen LogP contribution >= 0.6 is 12.6 Å². The Hall–Kier alpha value is -3.52. The highest BCUT2D eigenvalue weighted by molar-refractivity contribution is 7.80. The summed E-state index contributed by atoms with van der Waals surface area (Å²) in [4.78, 5) is 13.8. The molecule has 1 aliphatic rings. The molecule has 3 rings (SSSR count). The molecule has 2 aromatic rings. The van der Waals surface area contributed by atoms with Gasteiger partial charge in [-0.05, 0) is 48.5 Å². The Balaban J connectivity index is 1.84. The van der Waals surface area contributed by atoms with Crippen molar-refractivity contribution in [2.45, 2.75) is 76.5 Å². The van der Waals surface area contributed by atoms with Gasteiger partial charge in [0.2, 0.25) is 0 Å². The highest BCUT2D eigenvalue weighted by Gasteiger charge is 2.32. The third-order valence-electron chi connectivity index (χ3n) is 7.68. The Morgan fingerprint density at radius 1 is 0.833 bits per heavy atom. The molecule has 0 fully saturated rings. The molecule has 42 heavy (non-hydrogen) atoms. The van der Waals surface area contributed by atoms with Gasteiger partial charge in [-0.2, -0.15) is 12.6 Å². The van der Waals surface area contributed by atoms with Crippen LogP contribution < -0.4 is 9.47 Å². The molecule has 226 valence electrons. The molecule has 2 aromatic carbocycles. The highest BCUT2D eigenvalue weighted by Crippen LogP contribution is 2.42. The maximum atomic E-state index is 13.8. The molecule has 0 amide bonds. The van der Waals surface area contributed by atoms with E-state index in [4.69, 9.17) is 9.47 Å². The summed E-state index contributed by atoms with van der Waals surface area (Å²) in [7, 11) is 3.04. The van der Waals surface area contributed by atoms with Gasteiger partial charge < -0.3 is 19.9 Å². The molecule has 0 aliphatic heterocycles. The fraction of sp³-hybridized carbons (Fsp3) is 0.441. The van der Waals surface area contributed by atoms with E-state index in [0.29, 0.717) is 34.6 Å². The monoisotopic (exact) mass is 592 g/mol. The van der Waals surface area contributed by atoms with Gasteiger partial charge in [0.15, 0.2) is 5.78 Å². The molecule has 2 N–H and O–H groups in total. The quantitative estimate of drug-likeness (QED) is 0.0532. The third kappa shape index (κ3) is 8.99. The average molecular weight is 593 g/mol. The Morgan fingerprint density at radius 2 is 1.40 bits per heavy atom. The van der Waals surface area contributed by atoms with Crippen molar-refractivity contribution >= 4 is 35.9 Å². The molecule has 0 aromatic heterocycles. The molecule has 0 radical (unpaired) electrons. The Bertz CT molecular complexity index is 1270. The molecular formula is C34H44N2O5S. The SMILES string of the molecule is COc1cc(C(CCCCCCCCCCCCS)C(=O)C=Cc2ccccc2)c(OC)c2c1C(=NO)C=CC2=NO. The number of methoxy groups -OCH3 is 2. The smallest absolute Gasteiger partial charge is 0.163 e. The number of thiol groups is 1. The molecule has 8 heteroatoms. The van der Waals surface area contributed by atoms with Crippen molar-refractivity contribution in [1.82, 2.24) is 0 Å². The molecule has 0 saturated heterocycles. The van der Waals surface area contributed by atoms with Crippen molar-refractivity contribution in [3.05, 3.63) is 76.9 Å². The minimum atomic E-state index is -0.508. The van der Waals surface area contributed by atoms with Crippen LogP contribution in [0.2, 0.25) is 0 Å². The lowest BCUT2D eigenvalue weighted by molar-refractivity contribution is -0.116. The first-order valence-electron chi connectivity index (χ1n) is 14.9. The second kappa shape index (κ2) is 18.1. The normalized spacial score (nSPS) is 15.3. The maximum absolute atomic E-state index is 13.8. The van der Waals surface area contributed by atoms with Crippen molar-refractivity contribution in [2.75, 3.05) is 20.0 Å². The van der Waals surface area contributed by atoms with Gasteiger partial charge in [-0.3, -0.25) is 4.79 Å². The number of unbranched alkanes of at least 4 members (excludes halogenated alkanes) is 9. The number of nitrogens with zero attached hydrogens (tertiary/aromatic N) is 2. The number of benzene rings is 2. The lowest BCUT2D eigenvalue weighted by Crippen LogP contribution is -2.20. The number of carbonyl (C=O) groups excluding carboxylic acids is 1. The van der Waals surface area contributed by atoms with Gasteiger partial charge in [-0.1, -0.05) is 105 Å². The third-order valence-corrected chi connectivity index (χ3v) is 8.00.